The minimum Gasteiger partial charge on any atom is -0.365 e. The molecule has 1 saturated heterocycles. The van der Waals surface area contributed by atoms with Crippen molar-refractivity contribution in [2.45, 2.75) is 18.9 Å². The van der Waals surface area contributed by atoms with Gasteiger partial charge in [0.25, 0.3) is 0 Å². The molecule has 1 atom stereocenters. The largest absolute Gasteiger partial charge is 0.365 e. The van der Waals surface area contributed by atoms with Crippen molar-refractivity contribution in [3.8, 4) is 6.07 Å². The van der Waals surface area contributed by atoms with Crippen LogP contribution in [0.1, 0.15) is 18.4 Å². The quantitative estimate of drug-likeness (QED) is 0.778. The number of anilines is 1. The third-order valence-corrected chi connectivity index (χ3v) is 3.00. The van der Waals surface area contributed by atoms with Gasteiger partial charge in [-0.2, -0.15) is 5.26 Å². The summed E-state index contributed by atoms with van der Waals surface area (Å²) in [5, 5.41) is 9.06. The second-order valence-corrected chi connectivity index (χ2v) is 3.95. The summed E-state index contributed by atoms with van der Waals surface area (Å²) in [7, 11) is 0. The highest BCUT2D eigenvalue weighted by atomic mass is 16.6. The molecule has 0 amide bonds. The summed E-state index contributed by atoms with van der Waals surface area (Å²) in [6.45, 7) is 1.48. The molecule has 1 aromatic rings. The van der Waals surface area contributed by atoms with E-state index in [0.717, 1.165) is 25.1 Å². The average molecular weight is 217 g/mol. The van der Waals surface area contributed by atoms with Crippen molar-refractivity contribution in [3.63, 3.8) is 0 Å². The van der Waals surface area contributed by atoms with E-state index in [2.05, 4.69) is 11.0 Å². The molecule has 0 radical (unpaired) electrons. The minimum atomic E-state index is 0.291. The Morgan fingerprint density at radius 1 is 1.50 bits per heavy atom. The molecule has 4 nitrogen and oxygen atoms in total. The molecule has 2 rings (SSSR count). The first-order chi connectivity index (χ1) is 7.86. The molecule has 4 heteroatoms. The Morgan fingerprint density at radius 3 is 3.06 bits per heavy atom. The Balaban J connectivity index is 2.26. The van der Waals surface area contributed by atoms with Crippen molar-refractivity contribution in [2.75, 3.05) is 18.1 Å². The molecule has 1 unspecified atom stereocenters. The second kappa shape index (κ2) is 4.97. The standard InChI is InChI=1S/C12H15N3O/c13-8-10-4-1-2-6-12(10)15-7-3-5-11(15)9-16-14/h1-2,4,6,11H,3,5,7,9,14H2. The molecule has 1 aliphatic heterocycles. The van der Waals surface area contributed by atoms with Gasteiger partial charge in [0, 0.05) is 6.54 Å². The van der Waals surface area contributed by atoms with Crippen LogP contribution in [0.5, 0.6) is 0 Å². The maximum absolute atomic E-state index is 9.06. The van der Waals surface area contributed by atoms with Gasteiger partial charge in [-0.05, 0) is 25.0 Å². The summed E-state index contributed by atoms with van der Waals surface area (Å²) in [5.74, 6) is 5.13. The van der Waals surface area contributed by atoms with Gasteiger partial charge in [0.1, 0.15) is 6.07 Å². The average Bonchev–Trinajstić information content (AvgIpc) is 2.77. The molecule has 1 fully saturated rings. The van der Waals surface area contributed by atoms with E-state index in [1.54, 1.807) is 0 Å². The van der Waals surface area contributed by atoms with Crippen LogP contribution in [0.3, 0.4) is 0 Å². The molecule has 0 aliphatic carbocycles. The SMILES string of the molecule is N#Cc1ccccc1N1CCCC1CON. The zero-order valence-electron chi connectivity index (χ0n) is 9.10. The molecular weight excluding hydrogens is 202 g/mol. The van der Waals surface area contributed by atoms with Crippen LogP contribution in [0, 0.1) is 11.3 Å². The van der Waals surface area contributed by atoms with Gasteiger partial charge in [-0.3, -0.25) is 0 Å². The van der Waals surface area contributed by atoms with Crippen LogP contribution in [0.2, 0.25) is 0 Å². The van der Waals surface area contributed by atoms with Crippen LogP contribution in [0.15, 0.2) is 24.3 Å². The third-order valence-electron chi connectivity index (χ3n) is 3.00. The number of nitrogens with zero attached hydrogens (tertiary/aromatic N) is 2. The molecule has 1 aliphatic rings. The third kappa shape index (κ3) is 2.01. The van der Waals surface area contributed by atoms with E-state index < -0.39 is 0 Å². The Kier molecular flexibility index (Phi) is 3.40. The van der Waals surface area contributed by atoms with Crippen molar-refractivity contribution in [1.29, 1.82) is 5.26 Å². The van der Waals surface area contributed by atoms with Crippen LogP contribution < -0.4 is 10.8 Å². The van der Waals surface area contributed by atoms with Gasteiger partial charge in [0.15, 0.2) is 0 Å². The fraction of sp³-hybridized carbons (Fsp3) is 0.417. The molecule has 84 valence electrons. The van der Waals surface area contributed by atoms with Gasteiger partial charge in [0.2, 0.25) is 0 Å². The highest BCUT2D eigenvalue weighted by Crippen LogP contribution is 2.28. The van der Waals surface area contributed by atoms with Crippen LogP contribution in [0.25, 0.3) is 0 Å². The van der Waals surface area contributed by atoms with E-state index in [1.807, 2.05) is 24.3 Å². The van der Waals surface area contributed by atoms with Gasteiger partial charge in [-0.15, -0.1) is 0 Å². The topological polar surface area (TPSA) is 62.3 Å². The Labute approximate surface area is 95.2 Å². The Bertz CT molecular complexity index is 399. The Hall–Kier alpha value is -1.57. The van der Waals surface area contributed by atoms with E-state index in [1.165, 1.54) is 0 Å². The van der Waals surface area contributed by atoms with Crippen molar-refractivity contribution in [1.82, 2.24) is 0 Å². The highest BCUT2D eigenvalue weighted by molar-refractivity contribution is 5.60. The lowest BCUT2D eigenvalue weighted by molar-refractivity contribution is 0.124. The number of benzene rings is 1. The zero-order valence-corrected chi connectivity index (χ0v) is 9.10. The normalized spacial score (nSPS) is 19.8. The maximum atomic E-state index is 9.06. The van der Waals surface area contributed by atoms with E-state index in [9.17, 15) is 0 Å². The van der Waals surface area contributed by atoms with Crippen molar-refractivity contribution < 1.29 is 4.84 Å². The van der Waals surface area contributed by atoms with Crippen LogP contribution >= 0.6 is 0 Å². The highest BCUT2D eigenvalue weighted by Gasteiger charge is 2.26. The van der Waals surface area contributed by atoms with Crippen molar-refractivity contribution >= 4 is 5.69 Å². The first-order valence-corrected chi connectivity index (χ1v) is 5.44. The molecule has 2 N–H and O–H groups in total. The van der Waals surface area contributed by atoms with E-state index in [-0.39, 0.29) is 0 Å². The first-order valence-electron chi connectivity index (χ1n) is 5.44. The van der Waals surface area contributed by atoms with Gasteiger partial charge in [0.05, 0.1) is 23.9 Å². The number of nitrogens with two attached hydrogens (primary N) is 1. The van der Waals surface area contributed by atoms with Crippen LogP contribution in [-0.2, 0) is 4.84 Å². The maximum Gasteiger partial charge on any atom is 0.101 e. The fourth-order valence-electron chi connectivity index (χ4n) is 2.26. The zero-order chi connectivity index (χ0) is 11.4. The fourth-order valence-corrected chi connectivity index (χ4v) is 2.26. The van der Waals surface area contributed by atoms with Gasteiger partial charge in [-0.25, -0.2) is 5.90 Å². The minimum absolute atomic E-state index is 0.291. The lowest BCUT2D eigenvalue weighted by atomic mass is 10.1. The van der Waals surface area contributed by atoms with Gasteiger partial charge in [-0.1, -0.05) is 12.1 Å². The summed E-state index contributed by atoms with van der Waals surface area (Å²) in [6, 6.07) is 10.2. The molecular formula is C12H15N3O. The Morgan fingerprint density at radius 2 is 2.31 bits per heavy atom. The summed E-state index contributed by atoms with van der Waals surface area (Å²) in [4.78, 5) is 6.94. The molecule has 0 saturated carbocycles. The van der Waals surface area contributed by atoms with Crippen molar-refractivity contribution in [2.24, 2.45) is 5.90 Å². The smallest absolute Gasteiger partial charge is 0.101 e. The van der Waals surface area contributed by atoms with E-state index in [0.29, 0.717) is 18.2 Å². The molecule has 0 spiro atoms. The van der Waals surface area contributed by atoms with Gasteiger partial charge < -0.3 is 9.74 Å². The summed E-state index contributed by atoms with van der Waals surface area (Å²) in [6.07, 6.45) is 2.19. The monoisotopic (exact) mass is 217 g/mol. The number of rotatable bonds is 3. The summed E-state index contributed by atoms with van der Waals surface area (Å²) < 4.78 is 0. The lowest BCUT2D eigenvalue weighted by Crippen LogP contribution is -2.34. The molecule has 1 aromatic carbocycles. The van der Waals surface area contributed by atoms with Gasteiger partial charge >= 0.3 is 0 Å². The number of hydrogen-bond acceptors (Lipinski definition) is 4. The summed E-state index contributed by atoms with van der Waals surface area (Å²) >= 11 is 0. The first kappa shape index (κ1) is 10.9. The predicted molar refractivity (Wildman–Crippen MR) is 61.7 cm³/mol. The lowest BCUT2D eigenvalue weighted by Gasteiger charge is -2.26. The predicted octanol–water partition coefficient (Wildman–Crippen LogP) is 1.42. The summed E-state index contributed by atoms with van der Waals surface area (Å²) in [5.41, 5.74) is 1.70. The van der Waals surface area contributed by atoms with E-state index in [4.69, 9.17) is 16.0 Å². The van der Waals surface area contributed by atoms with Crippen molar-refractivity contribution in [3.05, 3.63) is 29.8 Å². The van der Waals surface area contributed by atoms with Crippen LogP contribution in [-0.4, -0.2) is 19.2 Å². The number of para-hydroxylation sites is 1. The second-order valence-electron chi connectivity index (χ2n) is 3.95. The number of nitriles is 1. The molecule has 16 heavy (non-hydrogen) atoms. The molecule has 0 bridgehead atoms. The molecule has 0 aromatic heterocycles. The number of hydrogen-bond donors (Lipinski definition) is 1. The van der Waals surface area contributed by atoms with Crippen LogP contribution in [0.4, 0.5) is 5.69 Å². The van der Waals surface area contributed by atoms with E-state index >= 15 is 0 Å². The molecule has 1 heterocycles.